The monoisotopic (exact) mass is 336 g/mol. The van der Waals surface area contributed by atoms with Crippen LogP contribution in [0, 0.1) is 12.7 Å². The lowest BCUT2D eigenvalue weighted by molar-refractivity contribution is -0.114. The van der Waals surface area contributed by atoms with E-state index in [4.69, 9.17) is 0 Å². The summed E-state index contributed by atoms with van der Waals surface area (Å²) in [7, 11) is 0. The van der Waals surface area contributed by atoms with E-state index in [-0.39, 0.29) is 18.3 Å². The van der Waals surface area contributed by atoms with Crippen molar-refractivity contribution in [3.05, 3.63) is 58.3 Å². The Morgan fingerprint density at radius 2 is 2.00 bits per heavy atom. The molecule has 104 valence electrons. The number of anilines is 2. The Labute approximate surface area is 125 Å². The molecule has 0 aliphatic carbocycles. The third kappa shape index (κ3) is 4.06. The molecule has 0 unspecified atom stereocenters. The summed E-state index contributed by atoms with van der Waals surface area (Å²) < 4.78 is 14.2. The maximum Gasteiger partial charge on any atom is 0.243 e. The molecule has 20 heavy (non-hydrogen) atoms. The van der Waals surface area contributed by atoms with Gasteiger partial charge in [0.2, 0.25) is 5.91 Å². The predicted molar refractivity (Wildman–Crippen MR) is 82.4 cm³/mol. The van der Waals surface area contributed by atoms with E-state index >= 15 is 0 Å². The summed E-state index contributed by atoms with van der Waals surface area (Å²) in [5, 5.41) is 5.64. The normalized spacial score (nSPS) is 10.2. The van der Waals surface area contributed by atoms with E-state index in [0.717, 1.165) is 4.47 Å². The van der Waals surface area contributed by atoms with Gasteiger partial charge < -0.3 is 10.6 Å². The number of hydrogen-bond donors (Lipinski definition) is 2. The Morgan fingerprint density at radius 1 is 1.20 bits per heavy atom. The van der Waals surface area contributed by atoms with E-state index in [2.05, 4.69) is 26.6 Å². The van der Waals surface area contributed by atoms with Gasteiger partial charge in [-0.2, -0.15) is 0 Å². The molecule has 0 fully saturated rings. The van der Waals surface area contributed by atoms with Crippen LogP contribution in [0.2, 0.25) is 0 Å². The van der Waals surface area contributed by atoms with Crippen molar-refractivity contribution in [1.29, 1.82) is 0 Å². The fraction of sp³-hybridized carbons (Fsp3) is 0.133. The Kier molecular flexibility index (Phi) is 4.74. The van der Waals surface area contributed by atoms with E-state index < -0.39 is 0 Å². The van der Waals surface area contributed by atoms with Gasteiger partial charge in [0.05, 0.1) is 6.54 Å². The molecule has 0 saturated heterocycles. The quantitative estimate of drug-likeness (QED) is 0.887. The number of hydrogen-bond acceptors (Lipinski definition) is 2. The third-order valence-corrected chi connectivity index (χ3v) is 3.23. The standard InChI is InChI=1S/C15H14BrFN2O/c1-10-5-6-12(8-14(10)17)18-9-15(20)19-13-4-2-3-11(16)7-13/h2-8,18H,9H2,1H3,(H,19,20). The van der Waals surface area contributed by atoms with Gasteiger partial charge >= 0.3 is 0 Å². The van der Waals surface area contributed by atoms with Crippen molar-refractivity contribution in [3.8, 4) is 0 Å². The van der Waals surface area contributed by atoms with Crippen LogP contribution in [-0.2, 0) is 4.79 Å². The Bertz CT molecular complexity index is 631. The summed E-state index contributed by atoms with van der Waals surface area (Å²) in [6, 6.07) is 12.1. The molecular formula is C15H14BrFN2O. The fourth-order valence-corrected chi connectivity index (χ4v) is 2.06. The average molecular weight is 337 g/mol. The minimum atomic E-state index is -0.289. The van der Waals surface area contributed by atoms with Gasteiger partial charge in [-0.15, -0.1) is 0 Å². The number of benzene rings is 2. The molecule has 2 rings (SSSR count). The topological polar surface area (TPSA) is 41.1 Å². The minimum Gasteiger partial charge on any atom is -0.376 e. The Balaban J connectivity index is 1.90. The molecule has 0 aliphatic heterocycles. The van der Waals surface area contributed by atoms with Crippen LogP contribution in [0.5, 0.6) is 0 Å². The highest BCUT2D eigenvalue weighted by molar-refractivity contribution is 9.10. The molecule has 1 amide bonds. The Hall–Kier alpha value is -1.88. The van der Waals surface area contributed by atoms with Gasteiger partial charge in [0.15, 0.2) is 0 Å². The summed E-state index contributed by atoms with van der Waals surface area (Å²) in [5.41, 5.74) is 1.87. The first-order valence-corrected chi connectivity index (χ1v) is 6.89. The van der Waals surface area contributed by atoms with Gasteiger partial charge in [0.25, 0.3) is 0 Å². The molecule has 0 spiro atoms. The molecule has 0 bridgehead atoms. The van der Waals surface area contributed by atoms with Crippen molar-refractivity contribution in [3.63, 3.8) is 0 Å². The molecule has 0 heterocycles. The summed E-state index contributed by atoms with van der Waals surface area (Å²) in [6.45, 7) is 1.77. The molecule has 2 aromatic rings. The predicted octanol–water partition coefficient (Wildman–Crippen LogP) is 3.95. The molecule has 0 radical (unpaired) electrons. The van der Waals surface area contributed by atoms with Crippen LogP contribution in [0.15, 0.2) is 46.9 Å². The van der Waals surface area contributed by atoms with Crippen molar-refractivity contribution in [2.45, 2.75) is 6.92 Å². The number of halogens is 2. The van der Waals surface area contributed by atoms with Crippen molar-refractivity contribution in [1.82, 2.24) is 0 Å². The highest BCUT2D eigenvalue weighted by Crippen LogP contribution is 2.16. The first kappa shape index (κ1) is 14.5. The second-order valence-corrected chi connectivity index (χ2v) is 5.29. The molecule has 5 heteroatoms. The summed E-state index contributed by atoms with van der Waals surface area (Å²) >= 11 is 3.33. The lowest BCUT2D eigenvalue weighted by Crippen LogP contribution is -2.21. The number of carbonyl (C=O) groups excluding carboxylic acids is 1. The number of nitrogens with one attached hydrogen (secondary N) is 2. The number of carbonyl (C=O) groups is 1. The largest absolute Gasteiger partial charge is 0.376 e. The number of rotatable bonds is 4. The molecule has 0 aromatic heterocycles. The molecule has 0 aliphatic rings. The molecule has 2 aromatic carbocycles. The zero-order valence-corrected chi connectivity index (χ0v) is 12.5. The van der Waals surface area contributed by atoms with E-state index in [9.17, 15) is 9.18 Å². The number of aryl methyl sites for hydroxylation is 1. The van der Waals surface area contributed by atoms with Gasteiger partial charge in [-0.05, 0) is 42.8 Å². The SMILES string of the molecule is Cc1ccc(NCC(=O)Nc2cccc(Br)c2)cc1F. The lowest BCUT2D eigenvalue weighted by Gasteiger charge is -2.08. The van der Waals surface area contributed by atoms with E-state index in [1.165, 1.54) is 6.07 Å². The average Bonchev–Trinajstić information content (AvgIpc) is 2.40. The van der Waals surface area contributed by atoms with Gasteiger partial charge in [-0.1, -0.05) is 28.1 Å². The van der Waals surface area contributed by atoms with Crippen LogP contribution in [-0.4, -0.2) is 12.5 Å². The van der Waals surface area contributed by atoms with Crippen LogP contribution in [0.1, 0.15) is 5.56 Å². The maximum absolute atomic E-state index is 13.3. The van der Waals surface area contributed by atoms with Crippen molar-refractivity contribution >= 4 is 33.2 Å². The highest BCUT2D eigenvalue weighted by Gasteiger charge is 2.04. The van der Waals surface area contributed by atoms with Gasteiger partial charge in [0.1, 0.15) is 5.82 Å². The first-order valence-electron chi connectivity index (χ1n) is 6.10. The summed E-state index contributed by atoms with van der Waals surface area (Å²) in [6.07, 6.45) is 0. The first-order chi connectivity index (χ1) is 9.54. The molecule has 0 saturated carbocycles. The molecule has 0 atom stereocenters. The van der Waals surface area contributed by atoms with Crippen LogP contribution < -0.4 is 10.6 Å². The molecular weight excluding hydrogens is 323 g/mol. The number of amides is 1. The van der Waals surface area contributed by atoms with Crippen LogP contribution in [0.4, 0.5) is 15.8 Å². The maximum atomic E-state index is 13.3. The second kappa shape index (κ2) is 6.52. The molecule has 3 nitrogen and oxygen atoms in total. The van der Waals surface area contributed by atoms with Crippen LogP contribution >= 0.6 is 15.9 Å². The zero-order chi connectivity index (χ0) is 14.5. The highest BCUT2D eigenvalue weighted by atomic mass is 79.9. The van der Waals surface area contributed by atoms with Crippen molar-refractivity contribution in [2.24, 2.45) is 0 Å². The van der Waals surface area contributed by atoms with E-state index in [1.54, 1.807) is 25.1 Å². The second-order valence-electron chi connectivity index (χ2n) is 4.38. The van der Waals surface area contributed by atoms with Gasteiger partial charge in [0, 0.05) is 15.8 Å². The van der Waals surface area contributed by atoms with Crippen LogP contribution in [0.25, 0.3) is 0 Å². The van der Waals surface area contributed by atoms with E-state index in [0.29, 0.717) is 16.9 Å². The van der Waals surface area contributed by atoms with Gasteiger partial charge in [-0.25, -0.2) is 4.39 Å². The molecule has 2 N–H and O–H groups in total. The fourth-order valence-electron chi connectivity index (χ4n) is 1.66. The van der Waals surface area contributed by atoms with Crippen molar-refractivity contribution < 1.29 is 9.18 Å². The van der Waals surface area contributed by atoms with Gasteiger partial charge in [-0.3, -0.25) is 4.79 Å². The van der Waals surface area contributed by atoms with Crippen molar-refractivity contribution in [2.75, 3.05) is 17.2 Å². The summed E-state index contributed by atoms with van der Waals surface area (Å²) in [4.78, 5) is 11.8. The zero-order valence-electron chi connectivity index (χ0n) is 10.9. The lowest BCUT2D eigenvalue weighted by atomic mass is 10.2. The Morgan fingerprint density at radius 3 is 2.70 bits per heavy atom. The minimum absolute atomic E-state index is 0.0784. The smallest absolute Gasteiger partial charge is 0.243 e. The van der Waals surface area contributed by atoms with E-state index in [1.807, 2.05) is 18.2 Å². The summed E-state index contributed by atoms with van der Waals surface area (Å²) in [5.74, 6) is -0.480. The van der Waals surface area contributed by atoms with Crippen LogP contribution in [0.3, 0.4) is 0 Å². The third-order valence-electron chi connectivity index (χ3n) is 2.73.